The van der Waals surface area contributed by atoms with Gasteiger partial charge in [0.2, 0.25) is 0 Å². The summed E-state index contributed by atoms with van der Waals surface area (Å²) in [5, 5.41) is 3.11. The fourth-order valence-corrected chi connectivity index (χ4v) is 11.9. The van der Waals surface area contributed by atoms with Crippen molar-refractivity contribution < 1.29 is 18.9 Å². The minimum Gasteiger partial charge on any atom is -0.453 e. The van der Waals surface area contributed by atoms with Crippen LogP contribution in [0.4, 0.5) is 22.7 Å². The van der Waals surface area contributed by atoms with E-state index in [9.17, 15) is 0 Å². The van der Waals surface area contributed by atoms with Crippen LogP contribution in [0.5, 0.6) is 46.0 Å². The van der Waals surface area contributed by atoms with Crippen molar-refractivity contribution in [3.05, 3.63) is 170 Å². The summed E-state index contributed by atoms with van der Waals surface area (Å²) in [6, 6.07) is 56.6. The number of anilines is 4. The van der Waals surface area contributed by atoms with Crippen LogP contribution in [0.2, 0.25) is 0 Å². The Labute approximate surface area is 512 Å². The van der Waals surface area contributed by atoms with Crippen LogP contribution >= 0.6 is 0 Å². The van der Waals surface area contributed by atoms with Gasteiger partial charge in [-0.3, -0.25) is 0 Å². The molecule has 16 nitrogen and oxygen atoms in total. The fourth-order valence-electron chi connectivity index (χ4n) is 11.9. The second-order valence-electron chi connectivity index (χ2n) is 21.5. The van der Waals surface area contributed by atoms with Crippen molar-refractivity contribution in [2.24, 2.45) is 0 Å². The van der Waals surface area contributed by atoms with Crippen LogP contribution in [0, 0.1) is 0 Å². The lowest BCUT2D eigenvalue weighted by molar-refractivity contribution is 0.419. The van der Waals surface area contributed by atoms with E-state index < -0.39 is 0 Å². The summed E-state index contributed by atoms with van der Waals surface area (Å²) >= 11 is 0. The fraction of sp³-hybridized carbons (Fsp3) is 0.222. The summed E-state index contributed by atoms with van der Waals surface area (Å²) in [7, 11) is 0. The Hall–Kier alpha value is -10.5. The van der Waals surface area contributed by atoms with Crippen molar-refractivity contribution in [1.82, 2.24) is 39.9 Å². The highest BCUT2D eigenvalue weighted by Gasteiger charge is 2.27. The lowest BCUT2D eigenvalue weighted by Gasteiger charge is -2.22. The van der Waals surface area contributed by atoms with Gasteiger partial charge < -0.3 is 48.5 Å². The number of H-pyrrole nitrogens is 2. The molecule has 2 aliphatic heterocycles. The van der Waals surface area contributed by atoms with E-state index in [4.69, 9.17) is 48.9 Å². The van der Waals surface area contributed by atoms with Crippen molar-refractivity contribution in [3.8, 4) is 91.5 Å². The Balaban J connectivity index is 1.09. The minimum absolute atomic E-state index is 0.371. The zero-order chi connectivity index (χ0) is 60.4. The molecule has 13 rings (SSSR count). The van der Waals surface area contributed by atoms with Gasteiger partial charge in [0.05, 0.1) is 0 Å². The maximum absolute atomic E-state index is 7.02. The first-order valence-corrected chi connectivity index (χ1v) is 30.6. The summed E-state index contributed by atoms with van der Waals surface area (Å²) < 4.78 is 28.0. The van der Waals surface area contributed by atoms with Crippen molar-refractivity contribution in [2.75, 3.05) is 72.0 Å². The van der Waals surface area contributed by atoms with Crippen LogP contribution < -0.4 is 38.5 Å². The van der Waals surface area contributed by atoms with Gasteiger partial charge in [0, 0.05) is 143 Å². The van der Waals surface area contributed by atoms with Crippen molar-refractivity contribution >= 4 is 66.9 Å². The first kappa shape index (κ1) is 56.6. The van der Waals surface area contributed by atoms with E-state index in [-0.39, 0.29) is 0 Å². The smallest absolute Gasteiger partial charge is 0.170 e. The molecule has 442 valence electrons. The molecule has 0 atom stereocenters. The summed E-state index contributed by atoms with van der Waals surface area (Å²) in [5.41, 5.74) is 9.27. The molecule has 8 bridgehead atoms. The molecule has 5 heterocycles. The topological polar surface area (TPSA) is 159 Å². The van der Waals surface area contributed by atoms with Gasteiger partial charge in [0.1, 0.15) is 45.6 Å². The van der Waals surface area contributed by atoms with Crippen molar-refractivity contribution in [3.63, 3.8) is 0 Å². The number of nitrogens with one attached hydrogen (secondary N) is 2. The molecule has 11 aromatic rings. The average molecular weight is 1170 g/mol. The zero-order valence-electron chi connectivity index (χ0n) is 50.9. The number of rotatable bonds is 20. The lowest BCUT2D eigenvalue weighted by Crippen LogP contribution is -2.21. The molecule has 0 saturated heterocycles. The van der Waals surface area contributed by atoms with Crippen molar-refractivity contribution in [2.45, 2.75) is 55.4 Å². The Bertz CT molecular complexity index is 4580. The second-order valence-corrected chi connectivity index (χ2v) is 21.5. The third-order valence-electron chi connectivity index (χ3n) is 16.5. The Morgan fingerprint density at radius 2 is 0.545 bits per heavy atom. The monoisotopic (exact) mass is 1170 g/mol. The van der Waals surface area contributed by atoms with Gasteiger partial charge in [-0.1, -0.05) is 72.8 Å². The summed E-state index contributed by atoms with van der Waals surface area (Å²) in [6.07, 6.45) is 0. The summed E-state index contributed by atoms with van der Waals surface area (Å²) in [4.78, 5) is 48.6. The highest BCUT2D eigenvalue weighted by Crippen LogP contribution is 2.47. The van der Waals surface area contributed by atoms with E-state index in [0.29, 0.717) is 114 Å². The number of fused-ring (bicyclic) bond motifs is 20. The van der Waals surface area contributed by atoms with E-state index in [1.54, 1.807) is 0 Å². The molecule has 0 saturated carbocycles. The number of hydrogen-bond donors (Lipinski definition) is 2. The number of nitrogens with zero attached hydrogens (tertiary/aromatic N) is 10. The van der Waals surface area contributed by atoms with E-state index in [1.807, 2.05) is 121 Å². The van der Waals surface area contributed by atoms with Crippen molar-refractivity contribution in [1.29, 1.82) is 0 Å². The van der Waals surface area contributed by atoms with Crippen LogP contribution in [-0.2, 0) is 0 Å². The van der Waals surface area contributed by atoms with Crippen LogP contribution in [0.3, 0.4) is 0 Å². The molecule has 0 radical (unpaired) electrons. The van der Waals surface area contributed by atoms with E-state index in [0.717, 1.165) is 97.0 Å². The van der Waals surface area contributed by atoms with Gasteiger partial charge >= 0.3 is 0 Å². The maximum atomic E-state index is 7.02. The van der Waals surface area contributed by atoms with Gasteiger partial charge in [-0.2, -0.15) is 0 Å². The highest BCUT2D eigenvalue weighted by atomic mass is 16.5. The standard InChI is InChI=1S/C72H70N12O4/c1-9-81(10-2)45-25-21-29-49(37-45)85-61-41-57-59(43-63(61)87-51-31-23-27-47(39-51)83(13-5)14-6)71-78-69(57)76-67-55-35-19-17-33-53(55)65(74-67)73-66-54-34-18-20-36-56(54)68(75-66)77-70-58-42-62(86-50-30-22-26-46(38-50)82(11-3)12-4)64(44-60(58)72(79-70)80-71)88-52-32-24-28-48(40-52)84(15-7)16-8/h17-44H,9-16H2,1-8H3,(H2,73,74,75,76,77,78,79,80). The average Bonchev–Trinajstić information content (AvgIpc) is 2.05. The van der Waals surface area contributed by atoms with E-state index in [2.05, 4.69) is 133 Å². The Kier molecular flexibility index (Phi) is 15.8. The third kappa shape index (κ3) is 11.0. The van der Waals surface area contributed by atoms with Gasteiger partial charge in [0.25, 0.3) is 0 Å². The predicted octanol–water partition coefficient (Wildman–Crippen LogP) is 17.4. The summed E-state index contributed by atoms with van der Waals surface area (Å²) in [5.74, 6) is 6.16. The largest absolute Gasteiger partial charge is 0.453 e. The molecule has 88 heavy (non-hydrogen) atoms. The predicted molar refractivity (Wildman–Crippen MR) is 356 cm³/mol. The SMILES string of the molecule is CCN(CC)c1cccc(Oc2cc3c(cc2Oc2cccc(N(CC)CC)c2)-c2nc-3nc3[nH]c(nc4nc(nc5[nH]c(n2)c2cc(Oc6cccc(N(CC)CC)c6)c(Oc6cccc(N(CC)CC)c6)cc52)-c2ccccc2-4)c2ccccc32)c1. The second kappa shape index (κ2) is 24.5. The van der Waals surface area contributed by atoms with Crippen LogP contribution in [0.25, 0.3) is 89.7 Å². The van der Waals surface area contributed by atoms with Gasteiger partial charge in [0.15, 0.2) is 46.3 Å². The van der Waals surface area contributed by atoms with Gasteiger partial charge in [-0.15, -0.1) is 0 Å². The number of aromatic amines is 2. The van der Waals surface area contributed by atoms with Gasteiger partial charge in [-0.25, -0.2) is 29.9 Å². The highest BCUT2D eigenvalue weighted by molar-refractivity contribution is 6.07. The quantitative estimate of drug-likeness (QED) is 0.0742. The molecule has 0 fully saturated rings. The maximum Gasteiger partial charge on any atom is 0.170 e. The Morgan fingerprint density at radius 1 is 0.273 bits per heavy atom. The first-order chi connectivity index (χ1) is 43.2. The molecule has 0 spiro atoms. The zero-order valence-corrected chi connectivity index (χ0v) is 50.9. The molecule has 0 amide bonds. The van der Waals surface area contributed by atoms with E-state index >= 15 is 0 Å². The van der Waals surface area contributed by atoms with Gasteiger partial charge in [-0.05, 0) is 128 Å². The molecule has 2 N–H and O–H groups in total. The first-order valence-electron chi connectivity index (χ1n) is 30.6. The van der Waals surface area contributed by atoms with Crippen LogP contribution in [0.1, 0.15) is 55.4 Å². The lowest BCUT2D eigenvalue weighted by atomic mass is 10.1. The number of benzene rings is 8. The molecular weight excluding hydrogens is 1100 g/mol. The van der Waals surface area contributed by atoms with Crippen LogP contribution in [0.15, 0.2) is 170 Å². The molecule has 3 aromatic heterocycles. The molecule has 0 unspecified atom stereocenters. The molecular formula is C72H70N12O4. The van der Waals surface area contributed by atoms with Crippen LogP contribution in [-0.4, -0.2) is 92.2 Å². The molecule has 16 heteroatoms. The van der Waals surface area contributed by atoms with E-state index in [1.165, 1.54) is 0 Å². The molecule has 8 aromatic carbocycles. The molecule has 0 aliphatic carbocycles. The normalized spacial score (nSPS) is 11.5. The third-order valence-corrected chi connectivity index (χ3v) is 16.5. The number of aromatic nitrogens is 8. The molecule has 2 aliphatic rings. The number of hydrogen-bond acceptors (Lipinski definition) is 14. The Morgan fingerprint density at radius 3 is 0.852 bits per heavy atom. The minimum atomic E-state index is 0.371. The number of ether oxygens (including phenoxy) is 4. The summed E-state index contributed by atoms with van der Waals surface area (Å²) in [6.45, 7) is 23.9.